The van der Waals surface area contributed by atoms with Crippen molar-refractivity contribution in [2.75, 3.05) is 20.1 Å². The molecule has 0 fully saturated rings. The molecule has 0 aliphatic rings. The molecule has 1 aromatic rings. The van der Waals surface area contributed by atoms with Gasteiger partial charge in [-0.2, -0.15) is 0 Å². The molecule has 0 radical (unpaired) electrons. The van der Waals surface area contributed by atoms with Crippen molar-refractivity contribution in [1.82, 2.24) is 25.2 Å². The van der Waals surface area contributed by atoms with Crippen LogP contribution < -0.4 is 5.32 Å². The highest BCUT2D eigenvalue weighted by Crippen LogP contribution is 1.94. The molecule has 0 atom stereocenters. The van der Waals surface area contributed by atoms with Crippen LogP contribution >= 0.6 is 0 Å². The summed E-state index contributed by atoms with van der Waals surface area (Å²) in [6.07, 6.45) is 3.90. The van der Waals surface area contributed by atoms with Crippen LogP contribution in [0, 0.1) is 0 Å². The van der Waals surface area contributed by atoms with E-state index in [9.17, 15) is 0 Å². The van der Waals surface area contributed by atoms with E-state index in [1.54, 1.807) is 0 Å². The Bertz CT molecular complexity index is 331. The van der Waals surface area contributed by atoms with Crippen LogP contribution in [0.2, 0.25) is 0 Å². The second-order valence-electron chi connectivity index (χ2n) is 4.56. The monoisotopic (exact) mass is 237 g/mol. The third-order valence-corrected chi connectivity index (χ3v) is 2.43. The number of aromatic nitrogens is 3. The molecule has 1 heterocycles. The maximum absolute atomic E-state index is 4.12. The van der Waals surface area contributed by atoms with Crippen LogP contribution in [0.5, 0.6) is 0 Å². The molecule has 5 heteroatoms. The first-order valence-electron chi connectivity index (χ1n) is 6.03. The van der Waals surface area contributed by atoms with Gasteiger partial charge in [0.15, 0.2) is 0 Å². The number of likely N-dealkylation sites (N-methyl/N-ethyl adjacent to an activating group) is 1. The Hall–Kier alpha value is -1.20. The van der Waals surface area contributed by atoms with E-state index in [-0.39, 0.29) is 0 Å². The lowest BCUT2D eigenvalue weighted by Crippen LogP contribution is -2.23. The Morgan fingerprint density at radius 1 is 1.59 bits per heavy atom. The van der Waals surface area contributed by atoms with Gasteiger partial charge in [0.1, 0.15) is 0 Å². The fourth-order valence-electron chi connectivity index (χ4n) is 1.42. The molecule has 1 N–H and O–H groups in total. The molecule has 0 saturated heterocycles. The summed E-state index contributed by atoms with van der Waals surface area (Å²) in [6, 6.07) is 0.471. The summed E-state index contributed by atoms with van der Waals surface area (Å²) in [4.78, 5) is 2.20. The molecule has 0 unspecified atom stereocenters. The van der Waals surface area contributed by atoms with Crippen LogP contribution in [-0.2, 0) is 13.1 Å². The maximum atomic E-state index is 4.12. The van der Waals surface area contributed by atoms with Crippen LogP contribution in [0.1, 0.15) is 19.5 Å². The molecule has 0 aliphatic carbocycles. The SMILES string of the molecule is C=CCN(C)CCn1cc(CNC(C)C)nn1. The van der Waals surface area contributed by atoms with Crippen molar-refractivity contribution in [2.24, 2.45) is 0 Å². The average molecular weight is 237 g/mol. The molecule has 17 heavy (non-hydrogen) atoms. The number of hydrogen-bond acceptors (Lipinski definition) is 4. The molecule has 0 aromatic carbocycles. The van der Waals surface area contributed by atoms with Crippen LogP contribution in [-0.4, -0.2) is 46.1 Å². The quantitative estimate of drug-likeness (QED) is 0.682. The fourth-order valence-corrected chi connectivity index (χ4v) is 1.42. The summed E-state index contributed by atoms with van der Waals surface area (Å²) in [6.45, 7) is 11.4. The van der Waals surface area contributed by atoms with E-state index in [2.05, 4.69) is 48.0 Å². The summed E-state index contributed by atoms with van der Waals surface area (Å²) in [7, 11) is 2.07. The van der Waals surface area contributed by atoms with E-state index in [1.807, 2.05) is 17.0 Å². The highest BCUT2D eigenvalue weighted by atomic mass is 15.4. The third-order valence-electron chi connectivity index (χ3n) is 2.43. The molecule has 1 rings (SSSR count). The highest BCUT2D eigenvalue weighted by molar-refractivity contribution is 4.91. The predicted molar refractivity (Wildman–Crippen MR) is 69.7 cm³/mol. The molecule has 0 aliphatic heterocycles. The van der Waals surface area contributed by atoms with Crippen molar-refractivity contribution >= 4 is 0 Å². The van der Waals surface area contributed by atoms with E-state index in [0.717, 1.165) is 31.9 Å². The van der Waals surface area contributed by atoms with Gasteiger partial charge in [0.2, 0.25) is 0 Å². The minimum Gasteiger partial charge on any atom is -0.309 e. The topological polar surface area (TPSA) is 46.0 Å². The van der Waals surface area contributed by atoms with Gasteiger partial charge in [0.05, 0.1) is 12.2 Å². The lowest BCUT2D eigenvalue weighted by Gasteiger charge is -2.13. The Balaban J connectivity index is 2.32. The van der Waals surface area contributed by atoms with Crippen LogP contribution in [0.15, 0.2) is 18.9 Å². The summed E-state index contributed by atoms with van der Waals surface area (Å²) in [5, 5.41) is 11.5. The number of hydrogen-bond donors (Lipinski definition) is 1. The van der Waals surface area contributed by atoms with Crippen LogP contribution in [0.25, 0.3) is 0 Å². The zero-order chi connectivity index (χ0) is 12.7. The summed E-state index contributed by atoms with van der Waals surface area (Å²) >= 11 is 0. The van der Waals surface area contributed by atoms with Gasteiger partial charge in [0, 0.05) is 31.9 Å². The van der Waals surface area contributed by atoms with Crippen molar-refractivity contribution in [1.29, 1.82) is 0 Å². The molecule has 0 saturated carbocycles. The normalized spacial score (nSPS) is 11.4. The largest absolute Gasteiger partial charge is 0.309 e. The van der Waals surface area contributed by atoms with E-state index in [1.165, 1.54) is 0 Å². The molecule has 0 amide bonds. The minimum atomic E-state index is 0.471. The van der Waals surface area contributed by atoms with E-state index >= 15 is 0 Å². The van der Waals surface area contributed by atoms with Gasteiger partial charge in [-0.3, -0.25) is 4.68 Å². The van der Waals surface area contributed by atoms with Gasteiger partial charge in [-0.1, -0.05) is 25.1 Å². The highest BCUT2D eigenvalue weighted by Gasteiger charge is 2.02. The molecule has 5 nitrogen and oxygen atoms in total. The summed E-state index contributed by atoms with van der Waals surface area (Å²) in [5.41, 5.74) is 0.991. The Kier molecular flexibility index (Phi) is 5.86. The Labute approximate surface area is 103 Å². The van der Waals surface area contributed by atoms with E-state index < -0.39 is 0 Å². The lowest BCUT2D eigenvalue weighted by molar-refractivity contribution is 0.340. The predicted octanol–water partition coefficient (Wildman–Crippen LogP) is 0.894. The van der Waals surface area contributed by atoms with Gasteiger partial charge in [0.25, 0.3) is 0 Å². The zero-order valence-corrected chi connectivity index (χ0v) is 11.1. The summed E-state index contributed by atoms with van der Waals surface area (Å²) in [5.74, 6) is 0. The number of nitrogens with one attached hydrogen (secondary N) is 1. The third kappa shape index (κ3) is 5.60. The standard InChI is InChI=1S/C12H23N5/c1-5-6-16(4)7-8-17-10-12(14-15-17)9-13-11(2)3/h5,10-11,13H,1,6-9H2,2-4H3. The molecular weight excluding hydrogens is 214 g/mol. The van der Waals surface area contributed by atoms with Crippen molar-refractivity contribution in [3.05, 3.63) is 24.5 Å². The van der Waals surface area contributed by atoms with Crippen molar-refractivity contribution < 1.29 is 0 Å². The molecule has 96 valence electrons. The minimum absolute atomic E-state index is 0.471. The molecule has 0 spiro atoms. The first kappa shape index (κ1) is 13.9. The Morgan fingerprint density at radius 3 is 3.00 bits per heavy atom. The number of rotatable bonds is 8. The second-order valence-corrected chi connectivity index (χ2v) is 4.56. The smallest absolute Gasteiger partial charge is 0.0964 e. The maximum Gasteiger partial charge on any atom is 0.0964 e. The van der Waals surface area contributed by atoms with Crippen LogP contribution in [0.4, 0.5) is 0 Å². The second kappa shape index (κ2) is 7.19. The van der Waals surface area contributed by atoms with Gasteiger partial charge in [-0.15, -0.1) is 11.7 Å². The first-order valence-corrected chi connectivity index (χ1v) is 6.03. The zero-order valence-electron chi connectivity index (χ0n) is 11.1. The fraction of sp³-hybridized carbons (Fsp3) is 0.667. The summed E-state index contributed by atoms with van der Waals surface area (Å²) < 4.78 is 1.89. The number of nitrogens with zero attached hydrogens (tertiary/aromatic N) is 4. The molecule has 1 aromatic heterocycles. The van der Waals surface area contributed by atoms with Crippen molar-refractivity contribution in [3.63, 3.8) is 0 Å². The molecular formula is C12H23N5. The lowest BCUT2D eigenvalue weighted by atomic mass is 10.3. The van der Waals surface area contributed by atoms with Crippen molar-refractivity contribution in [3.8, 4) is 0 Å². The van der Waals surface area contributed by atoms with Gasteiger partial charge in [-0.05, 0) is 7.05 Å². The van der Waals surface area contributed by atoms with E-state index in [0.29, 0.717) is 6.04 Å². The van der Waals surface area contributed by atoms with Crippen molar-refractivity contribution in [2.45, 2.75) is 33.0 Å². The van der Waals surface area contributed by atoms with Gasteiger partial charge < -0.3 is 10.2 Å². The van der Waals surface area contributed by atoms with Crippen LogP contribution in [0.3, 0.4) is 0 Å². The van der Waals surface area contributed by atoms with Gasteiger partial charge in [-0.25, -0.2) is 0 Å². The van der Waals surface area contributed by atoms with Gasteiger partial charge >= 0.3 is 0 Å². The average Bonchev–Trinajstić information content (AvgIpc) is 2.72. The van der Waals surface area contributed by atoms with E-state index in [4.69, 9.17) is 0 Å². The molecule has 0 bridgehead atoms. The Morgan fingerprint density at radius 2 is 2.35 bits per heavy atom. The first-order chi connectivity index (χ1) is 8.11.